The Morgan fingerprint density at radius 3 is 2.48 bits per heavy atom. The largest absolute Gasteiger partial charge is 0.379 e. The number of nitrogens with zero attached hydrogens (tertiary/aromatic N) is 2. The van der Waals surface area contributed by atoms with Gasteiger partial charge in [0, 0.05) is 48.1 Å². The first-order chi connectivity index (χ1) is 13.7. The molecule has 0 amide bonds. The minimum atomic E-state index is -0.0835. The van der Waals surface area contributed by atoms with Crippen LogP contribution in [-0.4, -0.2) is 55.4 Å². The highest BCUT2D eigenvalue weighted by Crippen LogP contribution is 2.31. The molecule has 0 aliphatic carbocycles. The fourth-order valence-electron chi connectivity index (χ4n) is 3.77. The smallest absolute Gasteiger partial charge is 0.187 e. The van der Waals surface area contributed by atoms with Crippen LogP contribution in [0, 0.1) is 0 Å². The summed E-state index contributed by atoms with van der Waals surface area (Å²) in [6.45, 7) is 7.31. The molecule has 0 aromatic heterocycles. The number of carbonyl (C=O) groups is 1. The quantitative estimate of drug-likeness (QED) is 0.575. The summed E-state index contributed by atoms with van der Waals surface area (Å²) >= 11 is 0. The molecule has 3 rings (SSSR count). The fraction of sp³-hybridized carbons (Fsp3) is 0.400. The Labute approximate surface area is 175 Å². The second kappa shape index (κ2) is 8.93. The van der Waals surface area contributed by atoms with Crippen molar-refractivity contribution in [2.45, 2.75) is 32.4 Å². The molecule has 0 spiro atoms. The minimum absolute atomic E-state index is 0.0326. The van der Waals surface area contributed by atoms with E-state index in [4.69, 9.17) is 0 Å². The Morgan fingerprint density at radius 1 is 1.07 bits per heavy atom. The zero-order valence-corrected chi connectivity index (χ0v) is 18.3. The standard InChI is InChI=1S/C25H33N3O/c1-25(2)17-21-12-11-19(18-28(5)14-13-27(3)4)15-22(21)23(26-25)16-24(29)20-9-7-6-8-10-20/h6-12,15-16,26H,13-14,17-18H2,1-5H3. The Bertz CT molecular complexity index is 884. The molecular weight excluding hydrogens is 358 g/mol. The molecule has 4 nitrogen and oxygen atoms in total. The van der Waals surface area contributed by atoms with Crippen molar-refractivity contribution in [1.82, 2.24) is 15.1 Å². The average Bonchev–Trinajstić information content (AvgIpc) is 2.67. The third-order valence-corrected chi connectivity index (χ3v) is 5.29. The summed E-state index contributed by atoms with van der Waals surface area (Å²) in [7, 11) is 6.35. The van der Waals surface area contributed by atoms with Crippen LogP contribution < -0.4 is 5.32 Å². The number of hydrogen-bond donors (Lipinski definition) is 1. The van der Waals surface area contributed by atoms with Crippen LogP contribution in [0.15, 0.2) is 54.6 Å². The van der Waals surface area contributed by atoms with Gasteiger partial charge in [-0.15, -0.1) is 0 Å². The lowest BCUT2D eigenvalue weighted by Crippen LogP contribution is -2.44. The molecule has 4 heteroatoms. The second-order valence-electron chi connectivity index (χ2n) is 9.01. The van der Waals surface area contributed by atoms with Crippen molar-refractivity contribution in [3.8, 4) is 0 Å². The average molecular weight is 392 g/mol. The van der Waals surface area contributed by atoms with Gasteiger partial charge < -0.3 is 15.1 Å². The monoisotopic (exact) mass is 391 g/mol. The fourth-order valence-corrected chi connectivity index (χ4v) is 3.77. The van der Waals surface area contributed by atoms with Crippen LogP contribution in [0.5, 0.6) is 0 Å². The van der Waals surface area contributed by atoms with Gasteiger partial charge in [-0.05, 0) is 58.6 Å². The van der Waals surface area contributed by atoms with E-state index in [1.807, 2.05) is 30.3 Å². The van der Waals surface area contributed by atoms with Crippen LogP contribution in [-0.2, 0) is 13.0 Å². The predicted octanol–water partition coefficient (Wildman–Crippen LogP) is 3.83. The topological polar surface area (TPSA) is 35.6 Å². The molecule has 2 aromatic carbocycles. The van der Waals surface area contributed by atoms with E-state index in [1.54, 1.807) is 6.08 Å². The van der Waals surface area contributed by atoms with E-state index in [1.165, 1.54) is 11.1 Å². The molecule has 1 N–H and O–H groups in total. The molecule has 1 aliphatic rings. The molecule has 1 heterocycles. The minimum Gasteiger partial charge on any atom is -0.379 e. The Morgan fingerprint density at radius 2 is 1.79 bits per heavy atom. The highest BCUT2D eigenvalue weighted by atomic mass is 16.1. The SMILES string of the molecule is CN(C)CCN(C)Cc1ccc2c(c1)C(=CC(=O)c1ccccc1)NC(C)(C)C2. The number of ketones is 1. The van der Waals surface area contributed by atoms with Crippen molar-refractivity contribution in [3.63, 3.8) is 0 Å². The van der Waals surface area contributed by atoms with Crippen molar-refractivity contribution < 1.29 is 4.79 Å². The van der Waals surface area contributed by atoms with Crippen molar-refractivity contribution in [1.29, 1.82) is 0 Å². The van der Waals surface area contributed by atoms with Gasteiger partial charge in [0.25, 0.3) is 0 Å². The lowest BCUT2D eigenvalue weighted by Gasteiger charge is -2.36. The number of nitrogens with one attached hydrogen (secondary N) is 1. The third-order valence-electron chi connectivity index (χ3n) is 5.29. The van der Waals surface area contributed by atoms with Crippen LogP contribution in [0.3, 0.4) is 0 Å². The maximum atomic E-state index is 12.8. The third kappa shape index (κ3) is 5.78. The van der Waals surface area contributed by atoms with E-state index >= 15 is 0 Å². The van der Waals surface area contributed by atoms with E-state index in [0.29, 0.717) is 5.56 Å². The lowest BCUT2D eigenvalue weighted by molar-refractivity contribution is 0.104. The number of allylic oxidation sites excluding steroid dienone is 1. The first kappa shape index (κ1) is 21.3. The van der Waals surface area contributed by atoms with Crippen LogP contribution >= 0.6 is 0 Å². The van der Waals surface area contributed by atoms with Crippen LogP contribution in [0.4, 0.5) is 0 Å². The van der Waals surface area contributed by atoms with Gasteiger partial charge >= 0.3 is 0 Å². The van der Waals surface area contributed by atoms with Gasteiger partial charge in [-0.2, -0.15) is 0 Å². The lowest BCUT2D eigenvalue weighted by atomic mass is 9.84. The highest BCUT2D eigenvalue weighted by molar-refractivity contribution is 6.08. The Kier molecular flexibility index (Phi) is 6.56. The molecule has 0 fully saturated rings. The molecule has 29 heavy (non-hydrogen) atoms. The summed E-state index contributed by atoms with van der Waals surface area (Å²) in [5, 5.41) is 3.59. The number of fused-ring (bicyclic) bond motifs is 1. The second-order valence-corrected chi connectivity index (χ2v) is 9.01. The molecule has 1 aliphatic heterocycles. The molecule has 0 radical (unpaired) electrons. The summed E-state index contributed by atoms with van der Waals surface area (Å²) in [5.41, 5.74) is 5.26. The predicted molar refractivity (Wildman–Crippen MR) is 121 cm³/mol. The Hall–Kier alpha value is -2.43. The van der Waals surface area contributed by atoms with Crippen molar-refractivity contribution in [2.75, 3.05) is 34.2 Å². The zero-order valence-electron chi connectivity index (χ0n) is 18.3. The van der Waals surface area contributed by atoms with Crippen LogP contribution in [0.2, 0.25) is 0 Å². The van der Waals surface area contributed by atoms with E-state index in [-0.39, 0.29) is 11.3 Å². The van der Waals surface area contributed by atoms with Gasteiger partial charge in [0.05, 0.1) is 0 Å². The van der Waals surface area contributed by atoms with E-state index < -0.39 is 0 Å². The van der Waals surface area contributed by atoms with Gasteiger partial charge in [-0.3, -0.25) is 4.79 Å². The number of hydrogen-bond acceptors (Lipinski definition) is 4. The maximum Gasteiger partial charge on any atom is 0.187 e. The van der Waals surface area contributed by atoms with Crippen molar-refractivity contribution in [2.24, 2.45) is 0 Å². The van der Waals surface area contributed by atoms with Gasteiger partial charge in [0.15, 0.2) is 5.78 Å². The Balaban J connectivity index is 1.88. The first-order valence-corrected chi connectivity index (χ1v) is 10.3. The van der Waals surface area contributed by atoms with Crippen LogP contribution in [0.1, 0.15) is 40.9 Å². The zero-order chi connectivity index (χ0) is 21.0. The van der Waals surface area contributed by atoms with Gasteiger partial charge in [-0.25, -0.2) is 0 Å². The number of rotatable bonds is 7. The summed E-state index contributed by atoms with van der Waals surface area (Å²) < 4.78 is 0. The molecule has 154 valence electrons. The summed E-state index contributed by atoms with van der Waals surface area (Å²) in [6.07, 6.45) is 2.70. The molecule has 0 unspecified atom stereocenters. The molecule has 0 bridgehead atoms. The van der Waals surface area contributed by atoms with Gasteiger partial charge in [-0.1, -0.05) is 42.5 Å². The molecular formula is C25H33N3O. The van der Waals surface area contributed by atoms with Crippen molar-refractivity contribution >= 4 is 11.5 Å². The first-order valence-electron chi connectivity index (χ1n) is 10.3. The summed E-state index contributed by atoms with van der Waals surface area (Å²) in [4.78, 5) is 17.3. The van der Waals surface area contributed by atoms with Crippen molar-refractivity contribution in [3.05, 3.63) is 76.9 Å². The normalized spacial score (nSPS) is 16.7. The number of benzene rings is 2. The number of carbonyl (C=O) groups excluding carboxylic acids is 1. The maximum absolute atomic E-state index is 12.8. The van der Waals surface area contributed by atoms with E-state index in [0.717, 1.165) is 37.3 Å². The van der Waals surface area contributed by atoms with Crippen LogP contribution in [0.25, 0.3) is 5.70 Å². The summed E-state index contributed by atoms with van der Waals surface area (Å²) in [5.74, 6) is 0.0326. The molecule has 2 aromatic rings. The molecule has 0 atom stereocenters. The van der Waals surface area contributed by atoms with Gasteiger partial charge in [0.1, 0.15) is 0 Å². The molecule has 0 saturated heterocycles. The highest BCUT2D eigenvalue weighted by Gasteiger charge is 2.28. The molecule has 0 saturated carbocycles. The van der Waals surface area contributed by atoms with E-state index in [2.05, 4.69) is 68.3 Å². The van der Waals surface area contributed by atoms with Gasteiger partial charge in [0.2, 0.25) is 0 Å². The number of likely N-dealkylation sites (N-methyl/N-ethyl adjacent to an activating group) is 2. The van der Waals surface area contributed by atoms with E-state index in [9.17, 15) is 4.79 Å². The summed E-state index contributed by atoms with van der Waals surface area (Å²) in [6, 6.07) is 16.2.